The minimum Gasteiger partial charge on any atom is -0.492 e. The number of ketones is 1. The highest BCUT2D eigenvalue weighted by Gasteiger charge is 2.20. The fourth-order valence-electron chi connectivity index (χ4n) is 1.25. The molecular weight excluding hydrogens is 239 g/mol. The molecule has 0 saturated heterocycles. The van der Waals surface area contributed by atoms with Crippen LogP contribution in [0.2, 0.25) is 0 Å². The Balaban J connectivity index is 2.58. The van der Waals surface area contributed by atoms with Gasteiger partial charge in [0.15, 0.2) is 5.78 Å². The van der Waals surface area contributed by atoms with Crippen LogP contribution in [0.5, 0.6) is 5.75 Å². The molecule has 0 saturated carbocycles. The minimum atomic E-state index is -0.409. The van der Waals surface area contributed by atoms with Gasteiger partial charge in [-0.2, -0.15) is 0 Å². The van der Waals surface area contributed by atoms with Gasteiger partial charge in [0.05, 0.1) is 16.6 Å². The largest absolute Gasteiger partial charge is 0.492 e. The second-order valence-electron chi connectivity index (χ2n) is 2.78. The molecule has 2 rings (SSSR count). The summed E-state index contributed by atoms with van der Waals surface area (Å²) in [5.74, 6) is -0.0626. The summed E-state index contributed by atoms with van der Waals surface area (Å²) in [6.07, 6.45) is 0.366. The van der Waals surface area contributed by atoms with E-state index < -0.39 is 5.82 Å². The van der Waals surface area contributed by atoms with Crippen LogP contribution >= 0.6 is 15.9 Å². The van der Waals surface area contributed by atoms with Crippen molar-refractivity contribution in [2.45, 2.75) is 6.42 Å². The fourth-order valence-corrected chi connectivity index (χ4v) is 1.60. The standard InChI is InChI=1S/C9H6BrFO2/c10-6-3-5-8(12)1-2-13-9(5)4-7(6)11/h3-4H,1-2H2. The molecule has 0 N–H and O–H groups in total. The summed E-state index contributed by atoms with van der Waals surface area (Å²) in [4.78, 5) is 11.3. The Bertz CT molecular complexity index is 376. The van der Waals surface area contributed by atoms with E-state index in [0.717, 1.165) is 0 Å². The number of ether oxygens (including phenoxy) is 1. The summed E-state index contributed by atoms with van der Waals surface area (Å²) >= 11 is 3.02. The van der Waals surface area contributed by atoms with Gasteiger partial charge >= 0.3 is 0 Å². The Labute approximate surface area is 82.8 Å². The second kappa shape index (κ2) is 3.10. The Morgan fingerprint density at radius 3 is 3.00 bits per heavy atom. The molecule has 1 heterocycles. The Morgan fingerprint density at radius 1 is 1.46 bits per heavy atom. The lowest BCUT2D eigenvalue weighted by Crippen LogP contribution is -2.15. The van der Waals surface area contributed by atoms with Crippen molar-refractivity contribution in [1.82, 2.24) is 0 Å². The van der Waals surface area contributed by atoms with E-state index in [1.807, 2.05) is 0 Å². The first-order chi connectivity index (χ1) is 6.18. The van der Waals surface area contributed by atoms with Crippen molar-refractivity contribution in [2.75, 3.05) is 6.61 Å². The molecule has 0 amide bonds. The molecule has 0 radical (unpaired) electrons. The van der Waals surface area contributed by atoms with Crippen molar-refractivity contribution in [3.05, 3.63) is 28.0 Å². The van der Waals surface area contributed by atoms with Crippen LogP contribution in [0.1, 0.15) is 16.8 Å². The smallest absolute Gasteiger partial charge is 0.170 e. The number of fused-ring (bicyclic) bond motifs is 1. The summed E-state index contributed by atoms with van der Waals surface area (Å²) < 4.78 is 18.4. The van der Waals surface area contributed by atoms with Crippen molar-refractivity contribution in [2.24, 2.45) is 0 Å². The molecule has 0 spiro atoms. The average Bonchev–Trinajstić information content (AvgIpc) is 2.09. The van der Waals surface area contributed by atoms with Gasteiger partial charge < -0.3 is 4.74 Å². The molecule has 0 fully saturated rings. The minimum absolute atomic E-state index is 0.00181. The monoisotopic (exact) mass is 244 g/mol. The van der Waals surface area contributed by atoms with Gasteiger partial charge in [-0.25, -0.2) is 4.39 Å². The van der Waals surface area contributed by atoms with Crippen molar-refractivity contribution in [3.63, 3.8) is 0 Å². The summed E-state index contributed by atoms with van der Waals surface area (Å²) in [6, 6.07) is 2.70. The Hall–Kier alpha value is -0.900. The van der Waals surface area contributed by atoms with E-state index in [1.165, 1.54) is 12.1 Å². The van der Waals surface area contributed by atoms with Gasteiger partial charge in [-0.1, -0.05) is 0 Å². The first-order valence-electron chi connectivity index (χ1n) is 3.83. The van der Waals surface area contributed by atoms with Crippen LogP contribution in [0.4, 0.5) is 4.39 Å². The van der Waals surface area contributed by atoms with Crippen LogP contribution in [-0.4, -0.2) is 12.4 Å². The number of rotatable bonds is 0. The molecular formula is C9H6BrFO2. The number of halogens is 2. The quantitative estimate of drug-likeness (QED) is 0.702. The lowest BCUT2D eigenvalue weighted by Gasteiger charge is -2.16. The van der Waals surface area contributed by atoms with Crippen LogP contribution in [0.25, 0.3) is 0 Å². The third kappa shape index (κ3) is 1.46. The van der Waals surface area contributed by atoms with Crippen LogP contribution < -0.4 is 4.74 Å². The third-order valence-electron chi connectivity index (χ3n) is 1.91. The van der Waals surface area contributed by atoms with Crippen LogP contribution in [-0.2, 0) is 0 Å². The van der Waals surface area contributed by atoms with Gasteiger partial charge in [-0.3, -0.25) is 4.79 Å². The van der Waals surface area contributed by atoms with E-state index in [1.54, 1.807) is 0 Å². The van der Waals surface area contributed by atoms with E-state index >= 15 is 0 Å². The van der Waals surface area contributed by atoms with Crippen molar-refractivity contribution in [1.29, 1.82) is 0 Å². The zero-order valence-corrected chi connectivity index (χ0v) is 8.23. The maximum Gasteiger partial charge on any atom is 0.170 e. The summed E-state index contributed by atoms with van der Waals surface area (Å²) in [7, 11) is 0. The third-order valence-corrected chi connectivity index (χ3v) is 2.52. The molecule has 13 heavy (non-hydrogen) atoms. The van der Waals surface area contributed by atoms with Gasteiger partial charge in [0.1, 0.15) is 11.6 Å². The number of hydrogen-bond acceptors (Lipinski definition) is 2. The van der Waals surface area contributed by atoms with Crippen LogP contribution in [0.3, 0.4) is 0 Å². The zero-order chi connectivity index (χ0) is 9.42. The van der Waals surface area contributed by atoms with Gasteiger partial charge in [0.2, 0.25) is 0 Å². The van der Waals surface area contributed by atoms with Gasteiger partial charge in [-0.05, 0) is 22.0 Å². The Kier molecular flexibility index (Phi) is 2.07. The first kappa shape index (κ1) is 8.69. The molecule has 1 aliphatic heterocycles. The molecule has 1 aromatic rings. The summed E-state index contributed by atoms with van der Waals surface area (Å²) in [5.41, 5.74) is 0.458. The fraction of sp³-hybridized carbons (Fsp3) is 0.222. The van der Waals surface area contributed by atoms with E-state index in [4.69, 9.17) is 4.74 Å². The van der Waals surface area contributed by atoms with Gasteiger partial charge in [-0.15, -0.1) is 0 Å². The highest BCUT2D eigenvalue weighted by molar-refractivity contribution is 9.10. The van der Waals surface area contributed by atoms with E-state index in [9.17, 15) is 9.18 Å². The number of benzene rings is 1. The molecule has 4 heteroatoms. The van der Waals surface area contributed by atoms with Crippen molar-refractivity contribution >= 4 is 21.7 Å². The summed E-state index contributed by atoms with van der Waals surface area (Å²) in [5, 5.41) is 0. The van der Waals surface area contributed by atoms with Crippen LogP contribution in [0.15, 0.2) is 16.6 Å². The maximum atomic E-state index is 13.0. The molecule has 0 atom stereocenters. The average molecular weight is 245 g/mol. The number of carbonyl (C=O) groups is 1. The second-order valence-corrected chi connectivity index (χ2v) is 3.64. The van der Waals surface area contributed by atoms with Crippen molar-refractivity contribution < 1.29 is 13.9 Å². The van der Waals surface area contributed by atoms with E-state index in [-0.39, 0.29) is 5.78 Å². The SMILES string of the molecule is O=C1CCOc2cc(F)c(Br)cc21. The van der Waals surface area contributed by atoms with Crippen molar-refractivity contribution in [3.8, 4) is 5.75 Å². The molecule has 0 unspecified atom stereocenters. The number of Topliss-reactive ketones (excluding diaryl/α,β-unsaturated/α-hetero) is 1. The highest BCUT2D eigenvalue weighted by atomic mass is 79.9. The van der Waals surface area contributed by atoms with Gasteiger partial charge in [0.25, 0.3) is 0 Å². The lowest BCUT2D eigenvalue weighted by molar-refractivity contribution is 0.0933. The lowest BCUT2D eigenvalue weighted by atomic mass is 10.1. The molecule has 1 aromatic carbocycles. The number of hydrogen-bond donors (Lipinski definition) is 0. The molecule has 68 valence electrons. The molecule has 0 aromatic heterocycles. The molecule has 1 aliphatic rings. The Morgan fingerprint density at radius 2 is 2.23 bits per heavy atom. The van der Waals surface area contributed by atoms with Gasteiger partial charge in [0, 0.05) is 12.5 Å². The predicted molar refractivity (Wildman–Crippen MR) is 48.5 cm³/mol. The highest BCUT2D eigenvalue weighted by Crippen LogP contribution is 2.29. The number of carbonyl (C=O) groups excluding carboxylic acids is 1. The predicted octanol–water partition coefficient (Wildman–Crippen LogP) is 2.55. The molecule has 2 nitrogen and oxygen atoms in total. The first-order valence-corrected chi connectivity index (χ1v) is 4.63. The molecule has 0 aliphatic carbocycles. The van der Waals surface area contributed by atoms with E-state index in [2.05, 4.69) is 15.9 Å². The maximum absolute atomic E-state index is 13.0. The normalized spacial score (nSPS) is 15.1. The summed E-state index contributed by atoms with van der Waals surface area (Å²) in [6.45, 7) is 0.340. The topological polar surface area (TPSA) is 26.3 Å². The van der Waals surface area contributed by atoms with E-state index in [0.29, 0.717) is 28.8 Å². The zero-order valence-electron chi connectivity index (χ0n) is 6.64. The van der Waals surface area contributed by atoms with Crippen LogP contribution in [0, 0.1) is 5.82 Å². The molecule has 0 bridgehead atoms.